The summed E-state index contributed by atoms with van der Waals surface area (Å²) >= 11 is 0. The second-order valence-corrected chi connectivity index (χ2v) is 7.62. The van der Waals surface area contributed by atoms with E-state index < -0.39 is 0 Å². The van der Waals surface area contributed by atoms with Crippen LogP contribution in [0.3, 0.4) is 0 Å². The number of benzene rings is 1. The molecule has 6 heteroatoms. The van der Waals surface area contributed by atoms with Gasteiger partial charge in [0, 0.05) is 25.6 Å². The maximum atomic E-state index is 12.7. The number of fused-ring (bicyclic) bond motifs is 1. The molecule has 1 fully saturated rings. The van der Waals surface area contributed by atoms with E-state index >= 15 is 0 Å². The van der Waals surface area contributed by atoms with Crippen molar-refractivity contribution < 1.29 is 9.59 Å². The molecule has 0 N–H and O–H groups in total. The zero-order valence-corrected chi connectivity index (χ0v) is 15.2. The molecule has 1 aromatic carbocycles. The highest BCUT2D eigenvalue weighted by Crippen LogP contribution is 2.27. The smallest absolute Gasteiger partial charge is 0.228 e. The summed E-state index contributed by atoms with van der Waals surface area (Å²) in [5, 5.41) is 0. The Hall–Kier alpha value is -2.50. The minimum absolute atomic E-state index is 0.0185. The van der Waals surface area contributed by atoms with Crippen LogP contribution in [0.5, 0.6) is 0 Å². The Morgan fingerprint density at radius 2 is 1.96 bits per heavy atom. The zero-order chi connectivity index (χ0) is 18.2. The topological polar surface area (TPSA) is 66.4 Å². The molecule has 132 valence electrons. The third kappa shape index (κ3) is 3.62. The summed E-state index contributed by atoms with van der Waals surface area (Å²) in [5.74, 6) is -0.259. The molecule has 0 unspecified atom stereocenters. The second kappa shape index (κ2) is 6.43. The van der Waals surface area contributed by atoms with Crippen molar-refractivity contribution in [3.05, 3.63) is 36.2 Å². The fourth-order valence-corrected chi connectivity index (χ4v) is 3.23. The first-order chi connectivity index (χ1) is 11.8. The monoisotopic (exact) mass is 340 g/mol. The molecule has 25 heavy (non-hydrogen) atoms. The highest BCUT2D eigenvalue weighted by molar-refractivity contribution is 5.89. The van der Waals surface area contributed by atoms with Crippen molar-refractivity contribution in [1.82, 2.24) is 19.8 Å². The number of hydrogen-bond acceptors (Lipinski definition) is 4. The van der Waals surface area contributed by atoms with Gasteiger partial charge in [-0.3, -0.25) is 14.6 Å². The first-order valence-corrected chi connectivity index (χ1v) is 8.52. The van der Waals surface area contributed by atoms with Gasteiger partial charge in [0.2, 0.25) is 11.8 Å². The van der Waals surface area contributed by atoms with Crippen molar-refractivity contribution in [2.75, 3.05) is 13.6 Å². The van der Waals surface area contributed by atoms with Crippen LogP contribution in [0.2, 0.25) is 0 Å². The van der Waals surface area contributed by atoms with Gasteiger partial charge in [0.25, 0.3) is 0 Å². The molecule has 0 radical (unpaired) electrons. The van der Waals surface area contributed by atoms with Gasteiger partial charge in [0.05, 0.1) is 35.4 Å². The Morgan fingerprint density at radius 1 is 1.28 bits per heavy atom. The molecular weight excluding hydrogens is 316 g/mol. The van der Waals surface area contributed by atoms with Crippen molar-refractivity contribution in [2.24, 2.45) is 5.92 Å². The van der Waals surface area contributed by atoms with Gasteiger partial charge in [-0.1, -0.05) is 12.1 Å². The zero-order valence-electron chi connectivity index (χ0n) is 15.2. The minimum Gasteiger partial charge on any atom is -0.339 e. The molecule has 6 nitrogen and oxygen atoms in total. The molecule has 2 heterocycles. The van der Waals surface area contributed by atoms with Crippen LogP contribution in [0.4, 0.5) is 0 Å². The fraction of sp³-hybridized carbons (Fsp3) is 0.474. The van der Waals surface area contributed by atoms with Crippen LogP contribution in [0.25, 0.3) is 11.0 Å². The molecular formula is C19H24N4O2. The van der Waals surface area contributed by atoms with Gasteiger partial charge in [-0.2, -0.15) is 0 Å². The van der Waals surface area contributed by atoms with Gasteiger partial charge in [-0.25, -0.2) is 4.98 Å². The summed E-state index contributed by atoms with van der Waals surface area (Å²) in [5.41, 5.74) is 2.14. The maximum absolute atomic E-state index is 12.7. The molecule has 3 rings (SSSR count). The van der Waals surface area contributed by atoms with Gasteiger partial charge in [-0.05, 0) is 32.9 Å². The lowest BCUT2D eigenvalue weighted by Crippen LogP contribution is -2.43. The largest absolute Gasteiger partial charge is 0.339 e. The van der Waals surface area contributed by atoms with Crippen LogP contribution < -0.4 is 0 Å². The molecule has 1 aliphatic heterocycles. The number of aromatic nitrogens is 2. The molecule has 1 aromatic heterocycles. The summed E-state index contributed by atoms with van der Waals surface area (Å²) in [6, 6.07) is 7.65. The summed E-state index contributed by atoms with van der Waals surface area (Å²) in [6.07, 6.45) is 1.98. The summed E-state index contributed by atoms with van der Waals surface area (Å²) in [7, 11) is 1.75. The Kier molecular flexibility index (Phi) is 4.45. The Bertz CT molecular complexity index is 812. The maximum Gasteiger partial charge on any atom is 0.228 e. The lowest BCUT2D eigenvalue weighted by Gasteiger charge is -2.32. The highest BCUT2D eigenvalue weighted by atomic mass is 16.2. The molecule has 1 saturated heterocycles. The van der Waals surface area contributed by atoms with Crippen LogP contribution in [0.15, 0.2) is 30.5 Å². The molecule has 1 atom stereocenters. The van der Waals surface area contributed by atoms with Gasteiger partial charge in [-0.15, -0.1) is 0 Å². The third-order valence-corrected chi connectivity index (χ3v) is 4.56. The second-order valence-electron chi connectivity index (χ2n) is 7.62. The van der Waals surface area contributed by atoms with E-state index in [2.05, 4.69) is 9.97 Å². The Balaban J connectivity index is 1.69. The molecule has 0 saturated carbocycles. The van der Waals surface area contributed by atoms with Gasteiger partial charge in [0.15, 0.2) is 0 Å². The quantitative estimate of drug-likeness (QED) is 0.859. The number of carbonyl (C=O) groups is 2. The first-order valence-electron chi connectivity index (χ1n) is 8.52. The number of nitrogens with zero attached hydrogens (tertiary/aromatic N) is 4. The van der Waals surface area contributed by atoms with Crippen molar-refractivity contribution in [3.63, 3.8) is 0 Å². The lowest BCUT2D eigenvalue weighted by molar-refractivity contribution is -0.135. The highest BCUT2D eigenvalue weighted by Gasteiger charge is 2.40. The first kappa shape index (κ1) is 17.3. The van der Waals surface area contributed by atoms with Crippen molar-refractivity contribution in [1.29, 1.82) is 0 Å². The standard InChI is InChI=1S/C19H24N4O2/c1-19(2,3)23-11-13(9-17(23)24)18(25)22(4)12-14-10-20-15-7-5-6-8-16(15)21-14/h5-8,10,13H,9,11-12H2,1-4H3/t13-/m1/s1. The predicted molar refractivity (Wildman–Crippen MR) is 95.6 cm³/mol. The van der Waals surface area contributed by atoms with Crippen molar-refractivity contribution >= 4 is 22.8 Å². The number of para-hydroxylation sites is 2. The number of amides is 2. The molecule has 0 aliphatic carbocycles. The average molecular weight is 340 g/mol. The van der Waals surface area contributed by atoms with Crippen LogP contribution in [0.1, 0.15) is 32.9 Å². The average Bonchev–Trinajstić information content (AvgIpc) is 2.96. The Labute approximate surface area is 147 Å². The van der Waals surface area contributed by atoms with E-state index in [1.165, 1.54) is 0 Å². The van der Waals surface area contributed by atoms with Crippen molar-refractivity contribution in [2.45, 2.75) is 39.3 Å². The van der Waals surface area contributed by atoms with Crippen LogP contribution >= 0.6 is 0 Å². The van der Waals surface area contributed by atoms with Crippen LogP contribution in [0, 0.1) is 5.92 Å². The normalized spacial score (nSPS) is 18.0. The van der Waals surface area contributed by atoms with Gasteiger partial charge >= 0.3 is 0 Å². The predicted octanol–water partition coefficient (Wildman–Crippen LogP) is 2.24. The molecule has 2 amide bonds. The van der Waals surface area contributed by atoms with E-state index in [9.17, 15) is 9.59 Å². The van der Waals surface area contributed by atoms with E-state index in [4.69, 9.17) is 0 Å². The van der Waals surface area contributed by atoms with E-state index in [-0.39, 0.29) is 29.7 Å². The van der Waals surface area contributed by atoms with Crippen molar-refractivity contribution in [3.8, 4) is 0 Å². The summed E-state index contributed by atoms with van der Waals surface area (Å²) in [6.45, 7) is 6.84. The van der Waals surface area contributed by atoms with E-state index in [0.717, 1.165) is 16.7 Å². The number of rotatable bonds is 3. The fourth-order valence-electron chi connectivity index (χ4n) is 3.23. The van der Waals surface area contributed by atoms with Crippen LogP contribution in [-0.2, 0) is 16.1 Å². The summed E-state index contributed by atoms with van der Waals surface area (Å²) in [4.78, 5) is 37.3. The number of likely N-dealkylation sites (tertiary alicyclic amines) is 1. The Morgan fingerprint density at radius 3 is 2.60 bits per heavy atom. The minimum atomic E-state index is -0.287. The molecule has 2 aromatic rings. The van der Waals surface area contributed by atoms with Crippen LogP contribution in [-0.4, -0.2) is 50.7 Å². The lowest BCUT2D eigenvalue weighted by atomic mass is 10.1. The van der Waals surface area contributed by atoms with E-state index in [1.54, 1.807) is 23.0 Å². The van der Waals surface area contributed by atoms with E-state index in [0.29, 0.717) is 13.1 Å². The molecule has 1 aliphatic rings. The molecule has 0 bridgehead atoms. The van der Waals surface area contributed by atoms with E-state index in [1.807, 2.05) is 45.0 Å². The number of carbonyl (C=O) groups excluding carboxylic acids is 2. The van der Waals surface area contributed by atoms with Gasteiger partial charge < -0.3 is 9.80 Å². The number of hydrogen-bond donors (Lipinski definition) is 0. The van der Waals surface area contributed by atoms with Gasteiger partial charge in [0.1, 0.15) is 0 Å². The molecule has 0 spiro atoms. The third-order valence-electron chi connectivity index (χ3n) is 4.56. The summed E-state index contributed by atoms with van der Waals surface area (Å²) < 4.78 is 0. The SMILES string of the molecule is CN(Cc1cnc2ccccc2n1)C(=O)[C@@H]1CC(=O)N(C(C)(C)C)C1.